The molecule has 21 heavy (non-hydrogen) atoms. The molecule has 0 unspecified atom stereocenters. The summed E-state index contributed by atoms with van der Waals surface area (Å²) in [5.41, 5.74) is 0.814. The molecule has 1 heterocycles. The fourth-order valence-corrected chi connectivity index (χ4v) is 3.82. The molecule has 0 spiro atoms. The molecule has 0 amide bonds. The van der Waals surface area contributed by atoms with E-state index in [1.807, 2.05) is 7.05 Å². The topological polar surface area (TPSA) is 61.4 Å². The first kappa shape index (κ1) is 16.2. The summed E-state index contributed by atoms with van der Waals surface area (Å²) in [7, 11) is -1.80. The normalized spacial score (nSPS) is 17.9. The second-order valence-electron chi connectivity index (χ2n) is 5.49. The maximum absolute atomic E-state index is 13.7. The lowest BCUT2D eigenvalue weighted by atomic mass is 9.98. The average Bonchev–Trinajstić information content (AvgIpc) is 2.44. The molecule has 2 rings (SSSR count). The number of anilines is 1. The lowest BCUT2D eigenvalue weighted by Gasteiger charge is -2.31. The molecule has 5 nitrogen and oxygen atoms in total. The van der Waals surface area contributed by atoms with Crippen LogP contribution in [0.5, 0.6) is 0 Å². The molecule has 0 bridgehead atoms. The van der Waals surface area contributed by atoms with Crippen molar-refractivity contribution >= 4 is 15.9 Å². The van der Waals surface area contributed by atoms with Crippen LogP contribution in [0.1, 0.15) is 18.4 Å². The summed E-state index contributed by atoms with van der Waals surface area (Å²) in [6, 6.07) is 4.38. The van der Waals surface area contributed by atoms with Crippen LogP contribution in [0.15, 0.2) is 18.2 Å². The van der Waals surface area contributed by atoms with Crippen molar-refractivity contribution in [2.24, 2.45) is 5.92 Å². The third-order valence-electron chi connectivity index (χ3n) is 3.77. The van der Waals surface area contributed by atoms with Crippen LogP contribution >= 0.6 is 0 Å². The fourth-order valence-electron chi connectivity index (χ4n) is 2.56. The highest BCUT2D eigenvalue weighted by molar-refractivity contribution is 7.90. The van der Waals surface area contributed by atoms with Crippen molar-refractivity contribution in [1.82, 2.24) is 9.62 Å². The van der Waals surface area contributed by atoms with Crippen molar-refractivity contribution < 1.29 is 12.8 Å². The number of hydrogen-bond acceptors (Lipinski definition) is 3. The molecule has 1 aromatic carbocycles. The van der Waals surface area contributed by atoms with Crippen LogP contribution < -0.4 is 10.0 Å². The van der Waals surface area contributed by atoms with Gasteiger partial charge >= 0.3 is 10.2 Å². The first-order valence-corrected chi connectivity index (χ1v) is 8.55. The predicted molar refractivity (Wildman–Crippen MR) is 81.9 cm³/mol. The highest BCUT2D eigenvalue weighted by Gasteiger charge is 2.28. The summed E-state index contributed by atoms with van der Waals surface area (Å²) in [5.74, 6) is -0.0635. The zero-order valence-corrected chi connectivity index (χ0v) is 13.2. The van der Waals surface area contributed by atoms with Gasteiger partial charge in [0.1, 0.15) is 5.82 Å². The molecule has 0 aromatic heterocycles. The van der Waals surface area contributed by atoms with Gasteiger partial charge in [-0.1, -0.05) is 6.07 Å². The molecule has 0 radical (unpaired) electrons. The van der Waals surface area contributed by atoms with Crippen LogP contribution in [0.4, 0.5) is 10.1 Å². The first-order chi connectivity index (χ1) is 9.92. The lowest BCUT2D eigenvalue weighted by Crippen LogP contribution is -2.43. The Morgan fingerprint density at radius 1 is 1.33 bits per heavy atom. The zero-order valence-electron chi connectivity index (χ0n) is 12.4. The standard InChI is InChI=1S/C14H22FN3O2S/c1-11-3-4-13(15)14(9-11)17-21(19,20)18-7-5-12(6-8-18)10-16-2/h3-4,9,12,16-17H,5-8,10H2,1-2H3. The minimum atomic E-state index is -3.69. The minimum absolute atomic E-state index is 0.00680. The zero-order chi connectivity index (χ0) is 15.5. The average molecular weight is 315 g/mol. The lowest BCUT2D eigenvalue weighted by molar-refractivity contribution is 0.272. The molecule has 0 atom stereocenters. The maximum Gasteiger partial charge on any atom is 0.301 e. The largest absolute Gasteiger partial charge is 0.319 e. The van der Waals surface area contributed by atoms with Gasteiger partial charge in [-0.2, -0.15) is 12.7 Å². The molecule has 1 fully saturated rings. The molecule has 1 aromatic rings. The van der Waals surface area contributed by atoms with Gasteiger partial charge in [0, 0.05) is 13.1 Å². The Balaban J connectivity index is 2.04. The number of rotatable bonds is 5. The van der Waals surface area contributed by atoms with Crippen molar-refractivity contribution in [3.63, 3.8) is 0 Å². The van der Waals surface area contributed by atoms with Crippen molar-refractivity contribution in [2.45, 2.75) is 19.8 Å². The smallest absolute Gasteiger partial charge is 0.301 e. The Kier molecular flexibility index (Phi) is 5.18. The van der Waals surface area contributed by atoms with Crippen LogP contribution in [0.2, 0.25) is 0 Å². The van der Waals surface area contributed by atoms with Crippen LogP contribution in [0.3, 0.4) is 0 Å². The summed E-state index contributed by atoms with van der Waals surface area (Å²) in [6.07, 6.45) is 1.64. The van der Waals surface area contributed by atoms with Gasteiger partial charge < -0.3 is 5.32 Å². The van der Waals surface area contributed by atoms with Crippen LogP contribution in [0.25, 0.3) is 0 Å². The van der Waals surface area contributed by atoms with E-state index in [9.17, 15) is 12.8 Å². The highest BCUT2D eigenvalue weighted by Crippen LogP contribution is 2.22. The number of aryl methyl sites for hydroxylation is 1. The van der Waals surface area contributed by atoms with Gasteiger partial charge in [0.25, 0.3) is 0 Å². The van der Waals surface area contributed by atoms with Gasteiger partial charge in [0.2, 0.25) is 0 Å². The van der Waals surface area contributed by atoms with E-state index in [2.05, 4.69) is 10.0 Å². The molecule has 118 valence electrons. The Labute approximate surface area is 125 Å². The van der Waals surface area contributed by atoms with Crippen molar-refractivity contribution in [3.8, 4) is 0 Å². The third kappa shape index (κ3) is 4.15. The molecule has 1 aliphatic rings. The highest BCUT2D eigenvalue weighted by atomic mass is 32.2. The summed E-state index contributed by atoms with van der Waals surface area (Å²) in [6.45, 7) is 3.62. The SMILES string of the molecule is CNCC1CCN(S(=O)(=O)Nc2cc(C)ccc2F)CC1. The second kappa shape index (κ2) is 6.72. The van der Waals surface area contributed by atoms with Gasteiger partial charge in [0.15, 0.2) is 0 Å². The van der Waals surface area contributed by atoms with Gasteiger partial charge in [-0.25, -0.2) is 4.39 Å². The van der Waals surface area contributed by atoms with E-state index in [1.54, 1.807) is 13.0 Å². The first-order valence-electron chi connectivity index (χ1n) is 7.11. The Morgan fingerprint density at radius 3 is 2.62 bits per heavy atom. The summed E-state index contributed by atoms with van der Waals surface area (Å²) in [5, 5.41) is 3.11. The van der Waals surface area contributed by atoms with Crippen LogP contribution in [-0.4, -0.2) is 39.4 Å². The van der Waals surface area contributed by atoms with E-state index < -0.39 is 16.0 Å². The van der Waals surface area contributed by atoms with Crippen LogP contribution in [-0.2, 0) is 10.2 Å². The molecule has 0 aliphatic carbocycles. The number of benzene rings is 1. The van der Waals surface area contributed by atoms with E-state index in [0.717, 1.165) is 24.9 Å². The van der Waals surface area contributed by atoms with E-state index in [4.69, 9.17) is 0 Å². The molecule has 2 N–H and O–H groups in total. The monoisotopic (exact) mass is 315 g/mol. The van der Waals surface area contributed by atoms with E-state index >= 15 is 0 Å². The quantitative estimate of drug-likeness (QED) is 0.870. The number of halogens is 1. The number of piperidine rings is 1. The summed E-state index contributed by atoms with van der Waals surface area (Å²) >= 11 is 0. The molecule has 1 aliphatic heterocycles. The van der Waals surface area contributed by atoms with Crippen LogP contribution in [0, 0.1) is 18.7 Å². The third-order valence-corrected chi connectivity index (χ3v) is 5.29. The van der Waals surface area contributed by atoms with E-state index in [0.29, 0.717) is 19.0 Å². The molecular weight excluding hydrogens is 293 g/mol. The van der Waals surface area contributed by atoms with E-state index in [-0.39, 0.29) is 5.69 Å². The van der Waals surface area contributed by atoms with Crippen molar-refractivity contribution in [1.29, 1.82) is 0 Å². The van der Waals surface area contributed by atoms with E-state index in [1.165, 1.54) is 16.4 Å². The molecular formula is C14H22FN3O2S. The molecule has 7 heteroatoms. The van der Waals surface area contributed by atoms with Gasteiger partial charge in [-0.05, 0) is 57.0 Å². The number of nitrogens with zero attached hydrogens (tertiary/aromatic N) is 1. The Hall–Kier alpha value is -1.18. The van der Waals surface area contributed by atoms with Gasteiger partial charge in [-0.3, -0.25) is 4.72 Å². The Morgan fingerprint density at radius 2 is 2.00 bits per heavy atom. The second-order valence-corrected chi connectivity index (χ2v) is 7.16. The maximum atomic E-state index is 13.7. The predicted octanol–water partition coefficient (Wildman–Crippen LogP) is 1.72. The fraction of sp³-hybridized carbons (Fsp3) is 0.571. The van der Waals surface area contributed by atoms with Crippen molar-refractivity contribution in [3.05, 3.63) is 29.6 Å². The number of nitrogens with one attached hydrogen (secondary N) is 2. The summed E-state index contributed by atoms with van der Waals surface area (Å²) in [4.78, 5) is 0. The summed E-state index contributed by atoms with van der Waals surface area (Å²) < 4.78 is 42.0. The Bertz CT molecular complexity index is 584. The molecule has 1 saturated heterocycles. The van der Waals surface area contributed by atoms with Gasteiger partial charge in [-0.15, -0.1) is 0 Å². The molecule has 0 saturated carbocycles. The minimum Gasteiger partial charge on any atom is -0.319 e. The van der Waals surface area contributed by atoms with Crippen molar-refractivity contribution in [2.75, 3.05) is 31.4 Å². The number of hydrogen-bond donors (Lipinski definition) is 2. The van der Waals surface area contributed by atoms with Gasteiger partial charge in [0.05, 0.1) is 5.69 Å².